The molecule has 1 aliphatic heterocycles. The molecule has 4 nitrogen and oxygen atoms in total. The summed E-state index contributed by atoms with van der Waals surface area (Å²) in [6, 6.07) is 3.82. The van der Waals surface area contributed by atoms with Crippen LogP contribution < -0.4 is 5.32 Å². The number of nitrogens with one attached hydrogen (secondary N) is 1. The highest BCUT2D eigenvalue weighted by Gasteiger charge is 2.16. The van der Waals surface area contributed by atoms with Crippen molar-refractivity contribution in [1.29, 1.82) is 0 Å². The number of amides is 1. The summed E-state index contributed by atoms with van der Waals surface area (Å²) in [6.45, 7) is 4.31. The van der Waals surface area contributed by atoms with Crippen molar-refractivity contribution >= 4 is 5.91 Å². The van der Waals surface area contributed by atoms with Crippen molar-refractivity contribution in [2.24, 2.45) is 5.92 Å². The van der Waals surface area contributed by atoms with Crippen molar-refractivity contribution in [3.63, 3.8) is 0 Å². The fraction of sp³-hybridized carbons (Fsp3) is 0.571. The first-order chi connectivity index (χ1) is 8.81. The summed E-state index contributed by atoms with van der Waals surface area (Å²) < 4.78 is 5.40. The lowest BCUT2D eigenvalue weighted by molar-refractivity contribution is 0.0535. The smallest absolute Gasteiger partial charge is 0.270 e. The van der Waals surface area contributed by atoms with Crippen LogP contribution in [0.15, 0.2) is 18.3 Å². The molecule has 0 aliphatic carbocycles. The van der Waals surface area contributed by atoms with E-state index in [0.29, 0.717) is 18.2 Å². The third-order valence-corrected chi connectivity index (χ3v) is 3.29. The standard InChI is InChI=1S/C14H20N2O2/c1-2-12-6-3-7-15-13(12)14(17)16-9-11-5-4-8-18-10-11/h3,6-7,11H,2,4-5,8-10H2,1H3,(H,16,17). The molecule has 2 heterocycles. The SMILES string of the molecule is CCc1cccnc1C(=O)NCC1CCCOC1. The fourth-order valence-electron chi connectivity index (χ4n) is 2.22. The summed E-state index contributed by atoms with van der Waals surface area (Å²) in [5.74, 6) is 0.370. The maximum absolute atomic E-state index is 12.1. The van der Waals surface area contributed by atoms with Gasteiger partial charge in [-0.15, -0.1) is 0 Å². The lowest BCUT2D eigenvalue weighted by atomic mass is 10.0. The highest BCUT2D eigenvalue weighted by Crippen LogP contribution is 2.12. The normalized spacial score (nSPS) is 19.5. The van der Waals surface area contributed by atoms with Gasteiger partial charge in [0.1, 0.15) is 5.69 Å². The number of hydrogen-bond donors (Lipinski definition) is 1. The van der Waals surface area contributed by atoms with Crippen LogP contribution in [0.2, 0.25) is 0 Å². The minimum absolute atomic E-state index is 0.0713. The van der Waals surface area contributed by atoms with Crippen LogP contribution in [-0.4, -0.2) is 30.6 Å². The zero-order valence-electron chi connectivity index (χ0n) is 10.8. The Morgan fingerprint density at radius 3 is 3.22 bits per heavy atom. The van der Waals surface area contributed by atoms with E-state index in [1.165, 1.54) is 0 Å². The molecule has 1 unspecified atom stereocenters. The average molecular weight is 248 g/mol. The minimum atomic E-state index is -0.0713. The predicted molar refractivity (Wildman–Crippen MR) is 69.5 cm³/mol. The van der Waals surface area contributed by atoms with E-state index in [4.69, 9.17) is 4.74 Å². The van der Waals surface area contributed by atoms with Crippen molar-refractivity contribution in [2.75, 3.05) is 19.8 Å². The first-order valence-corrected chi connectivity index (χ1v) is 6.61. The molecule has 98 valence electrons. The van der Waals surface area contributed by atoms with Crippen molar-refractivity contribution in [1.82, 2.24) is 10.3 Å². The van der Waals surface area contributed by atoms with Crippen molar-refractivity contribution < 1.29 is 9.53 Å². The maximum Gasteiger partial charge on any atom is 0.270 e. The molecule has 4 heteroatoms. The Balaban J connectivity index is 1.90. The summed E-state index contributed by atoms with van der Waals surface area (Å²) in [6.07, 6.45) is 4.70. The number of aromatic nitrogens is 1. The van der Waals surface area contributed by atoms with Gasteiger partial charge in [-0.2, -0.15) is 0 Å². The number of nitrogens with zero attached hydrogens (tertiary/aromatic N) is 1. The van der Waals surface area contributed by atoms with Gasteiger partial charge < -0.3 is 10.1 Å². The van der Waals surface area contributed by atoms with E-state index in [0.717, 1.165) is 38.0 Å². The fourth-order valence-corrected chi connectivity index (χ4v) is 2.22. The van der Waals surface area contributed by atoms with Gasteiger partial charge in [-0.25, -0.2) is 0 Å². The van der Waals surface area contributed by atoms with Gasteiger partial charge in [-0.3, -0.25) is 9.78 Å². The molecule has 1 atom stereocenters. The van der Waals surface area contributed by atoms with Crippen LogP contribution in [0.4, 0.5) is 0 Å². The summed E-state index contributed by atoms with van der Waals surface area (Å²) in [5, 5.41) is 2.96. The molecule has 1 aromatic rings. The van der Waals surface area contributed by atoms with Gasteiger partial charge in [-0.1, -0.05) is 13.0 Å². The van der Waals surface area contributed by atoms with Gasteiger partial charge in [0.2, 0.25) is 0 Å². The number of hydrogen-bond acceptors (Lipinski definition) is 3. The second kappa shape index (κ2) is 6.50. The van der Waals surface area contributed by atoms with Gasteiger partial charge in [0.25, 0.3) is 5.91 Å². The number of ether oxygens (including phenoxy) is 1. The third-order valence-electron chi connectivity index (χ3n) is 3.29. The Kier molecular flexibility index (Phi) is 4.70. The minimum Gasteiger partial charge on any atom is -0.381 e. The highest BCUT2D eigenvalue weighted by molar-refractivity contribution is 5.93. The molecule has 1 N–H and O–H groups in total. The van der Waals surface area contributed by atoms with E-state index < -0.39 is 0 Å². The summed E-state index contributed by atoms with van der Waals surface area (Å²) in [7, 11) is 0. The molecule has 1 fully saturated rings. The summed E-state index contributed by atoms with van der Waals surface area (Å²) in [4.78, 5) is 16.2. The zero-order valence-corrected chi connectivity index (χ0v) is 10.8. The zero-order chi connectivity index (χ0) is 12.8. The lowest BCUT2D eigenvalue weighted by Crippen LogP contribution is -2.34. The number of pyridine rings is 1. The van der Waals surface area contributed by atoms with Gasteiger partial charge in [0.15, 0.2) is 0 Å². The quantitative estimate of drug-likeness (QED) is 0.884. The number of carbonyl (C=O) groups excluding carboxylic acids is 1. The van der Waals surface area contributed by atoms with Crippen LogP contribution >= 0.6 is 0 Å². The molecular weight excluding hydrogens is 228 g/mol. The predicted octanol–water partition coefficient (Wildman–Crippen LogP) is 1.80. The largest absolute Gasteiger partial charge is 0.381 e. The molecule has 1 aliphatic rings. The first kappa shape index (κ1) is 13.0. The third kappa shape index (κ3) is 3.29. The Morgan fingerprint density at radius 1 is 1.61 bits per heavy atom. The Hall–Kier alpha value is -1.42. The second-order valence-electron chi connectivity index (χ2n) is 4.66. The van der Waals surface area contributed by atoms with E-state index in [9.17, 15) is 4.79 Å². The van der Waals surface area contributed by atoms with Crippen molar-refractivity contribution in [2.45, 2.75) is 26.2 Å². The Bertz CT molecular complexity index is 401. The summed E-state index contributed by atoms with van der Waals surface area (Å²) in [5.41, 5.74) is 1.55. The maximum atomic E-state index is 12.1. The van der Waals surface area contributed by atoms with E-state index in [1.807, 2.05) is 19.1 Å². The molecule has 1 saturated heterocycles. The summed E-state index contributed by atoms with van der Waals surface area (Å²) >= 11 is 0. The Morgan fingerprint density at radius 2 is 2.50 bits per heavy atom. The van der Waals surface area contributed by atoms with Crippen LogP contribution in [0.1, 0.15) is 35.8 Å². The van der Waals surface area contributed by atoms with Crippen LogP contribution in [0.5, 0.6) is 0 Å². The van der Waals surface area contributed by atoms with Gasteiger partial charge in [0, 0.05) is 19.3 Å². The number of aryl methyl sites for hydroxylation is 1. The highest BCUT2D eigenvalue weighted by atomic mass is 16.5. The average Bonchev–Trinajstić information content (AvgIpc) is 2.45. The molecule has 0 spiro atoms. The molecule has 2 rings (SSSR count). The van der Waals surface area contributed by atoms with Crippen LogP contribution in [0, 0.1) is 5.92 Å². The molecule has 0 aromatic carbocycles. The van der Waals surface area contributed by atoms with Crippen LogP contribution in [-0.2, 0) is 11.2 Å². The monoisotopic (exact) mass is 248 g/mol. The van der Waals surface area contributed by atoms with Crippen LogP contribution in [0.3, 0.4) is 0 Å². The number of rotatable bonds is 4. The van der Waals surface area contributed by atoms with Crippen molar-refractivity contribution in [3.8, 4) is 0 Å². The topological polar surface area (TPSA) is 51.2 Å². The van der Waals surface area contributed by atoms with E-state index >= 15 is 0 Å². The molecule has 1 aromatic heterocycles. The van der Waals surface area contributed by atoms with E-state index in [1.54, 1.807) is 6.20 Å². The van der Waals surface area contributed by atoms with Gasteiger partial charge >= 0.3 is 0 Å². The first-order valence-electron chi connectivity index (χ1n) is 6.61. The molecule has 0 saturated carbocycles. The molecule has 0 radical (unpaired) electrons. The van der Waals surface area contributed by atoms with Crippen LogP contribution in [0.25, 0.3) is 0 Å². The molecule has 18 heavy (non-hydrogen) atoms. The Labute approximate surface area is 108 Å². The number of carbonyl (C=O) groups is 1. The molecule has 1 amide bonds. The van der Waals surface area contributed by atoms with E-state index in [-0.39, 0.29) is 5.91 Å². The lowest BCUT2D eigenvalue weighted by Gasteiger charge is -2.22. The van der Waals surface area contributed by atoms with Gasteiger partial charge in [0.05, 0.1) is 6.61 Å². The van der Waals surface area contributed by atoms with Gasteiger partial charge in [-0.05, 0) is 36.8 Å². The second-order valence-corrected chi connectivity index (χ2v) is 4.66. The van der Waals surface area contributed by atoms with E-state index in [2.05, 4.69) is 10.3 Å². The molecular formula is C14H20N2O2. The molecule has 0 bridgehead atoms. The van der Waals surface area contributed by atoms with Crippen molar-refractivity contribution in [3.05, 3.63) is 29.6 Å².